The van der Waals surface area contributed by atoms with Crippen molar-refractivity contribution >= 4 is 0 Å². The van der Waals surface area contributed by atoms with Gasteiger partial charge in [-0.3, -0.25) is 0 Å². The minimum absolute atomic E-state index is 0.302. The fourth-order valence-electron chi connectivity index (χ4n) is 2.22. The SMILES string of the molecule is CCC=CCCc1ccccc1OC(C)(C)COCCCC. The van der Waals surface area contributed by atoms with Gasteiger partial charge >= 0.3 is 0 Å². The number of benzene rings is 1. The number of unbranched alkanes of at least 4 members (excludes halogenated alkanes) is 1. The van der Waals surface area contributed by atoms with Crippen LogP contribution in [0, 0.1) is 0 Å². The average molecular weight is 304 g/mol. The first-order valence-corrected chi connectivity index (χ1v) is 8.58. The van der Waals surface area contributed by atoms with Crippen molar-refractivity contribution < 1.29 is 9.47 Å². The Labute approximate surface area is 136 Å². The maximum Gasteiger partial charge on any atom is 0.127 e. The Hall–Kier alpha value is -1.28. The van der Waals surface area contributed by atoms with Crippen molar-refractivity contribution in [2.45, 2.75) is 65.4 Å². The first kappa shape index (κ1) is 18.8. The summed E-state index contributed by atoms with van der Waals surface area (Å²) in [4.78, 5) is 0. The van der Waals surface area contributed by atoms with Crippen LogP contribution in [0.1, 0.15) is 58.9 Å². The van der Waals surface area contributed by atoms with E-state index in [1.54, 1.807) is 0 Å². The van der Waals surface area contributed by atoms with Crippen molar-refractivity contribution in [2.24, 2.45) is 0 Å². The Balaban J connectivity index is 2.57. The van der Waals surface area contributed by atoms with Gasteiger partial charge in [-0.1, -0.05) is 50.6 Å². The molecule has 0 spiro atoms. The molecule has 0 radical (unpaired) electrons. The van der Waals surface area contributed by atoms with Gasteiger partial charge in [0.1, 0.15) is 11.4 Å². The molecule has 0 heterocycles. The molecule has 2 heteroatoms. The molecule has 2 nitrogen and oxygen atoms in total. The lowest BCUT2D eigenvalue weighted by atomic mass is 10.1. The van der Waals surface area contributed by atoms with Gasteiger partial charge in [0.2, 0.25) is 0 Å². The van der Waals surface area contributed by atoms with E-state index in [9.17, 15) is 0 Å². The Morgan fingerprint density at radius 2 is 1.86 bits per heavy atom. The fourth-order valence-corrected chi connectivity index (χ4v) is 2.22. The van der Waals surface area contributed by atoms with Crippen molar-refractivity contribution in [2.75, 3.05) is 13.2 Å². The van der Waals surface area contributed by atoms with Crippen molar-refractivity contribution in [3.63, 3.8) is 0 Å². The molecule has 0 atom stereocenters. The molecule has 124 valence electrons. The van der Waals surface area contributed by atoms with Crippen LogP contribution in [0.25, 0.3) is 0 Å². The third-order valence-corrected chi connectivity index (χ3v) is 3.43. The molecule has 0 saturated carbocycles. The van der Waals surface area contributed by atoms with Crippen LogP contribution in [-0.2, 0) is 11.2 Å². The van der Waals surface area contributed by atoms with Gasteiger partial charge in [0.05, 0.1) is 6.61 Å². The lowest BCUT2D eigenvalue weighted by Crippen LogP contribution is -2.34. The molecule has 0 aliphatic rings. The highest BCUT2D eigenvalue weighted by atomic mass is 16.5. The molecule has 0 N–H and O–H groups in total. The molecular formula is C20H32O2. The number of rotatable bonds is 11. The van der Waals surface area contributed by atoms with E-state index in [0.29, 0.717) is 6.61 Å². The van der Waals surface area contributed by atoms with E-state index < -0.39 is 0 Å². The van der Waals surface area contributed by atoms with Gasteiger partial charge in [-0.25, -0.2) is 0 Å². The van der Waals surface area contributed by atoms with Crippen LogP contribution in [0.15, 0.2) is 36.4 Å². The van der Waals surface area contributed by atoms with E-state index in [-0.39, 0.29) is 5.60 Å². The van der Waals surface area contributed by atoms with Gasteiger partial charge in [0.25, 0.3) is 0 Å². The van der Waals surface area contributed by atoms with Crippen molar-refractivity contribution in [1.82, 2.24) is 0 Å². The number of allylic oxidation sites excluding steroid dienone is 2. The third-order valence-electron chi connectivity index (χ3n) is 3.43. The molecule has 22 heavy (non-hydrogen) atoms. The van der Waals surface area contributed by atoms with Crippen molar-refractivity contribution in [3.05, 3.63) is 42.0 Å². The normalized spacial score (nSPS) is 12.0. The van der Waals surface area contributed by atoms with Gasteiger partial charge in [-0.2, -0.15) is 0 Å². The number of aryl methyl sites for hydroxylation is 1. The summed E-state index contributed by atoms with van der Waals surface area (Å²) < 4.78 is 11.9. The van der Waals surface area contributed by atoms with Crippen LogP contribution in [0.2, 0.25) is 0 Å². The van der Waals surface area contributed by atoms with Gasteiger partial charge in [-0.05, 0) is 51.2 Å². The summed E-state index contributed by atoms with van der Waals surface area (Å²) in [5.41, 5.74) is 0.966. The van der Waals surface area contributed by atoms with Crippen molar-refractivity contribution in [3.8, 4) is 5.75 Å². The van der Waals surface area contributed by atoms with Crippen LogP contribution in [0.3, 0.4) is 0 Å². The van der Waals surface area contributed by atoms with Gasteiger partial charge < -0.3 is 9.47 Å². The predicted octanol–water partition coefficient (Wildman–Crippen LogP) is 5.56. The number of hydrogen-bond donors (Lipinski definition) is 0. The van der Waals surface area contributed by atoms with Crippen LogP contribution in [0.4, 0.5) is 0 Å². The zero-order valence-corrected chi connectivity index (χ0v) is 14.7. The van der Waals surface area contributed by atoms with Crippen LogP contribution in [-0.4, -0.2) is 18.8 Å². The summed E-state index contributed by atoms with van der Waals surface area (Å²) in [5.74, 6) is 0.983. The minimum atomic E-state index is -0.302. The smallest absolute Gasteiger partial charge is 0.127 e. The van der Waals surface area contributed by atoms with E-state index in [4.69, 9.17) is 9.47 Å². The highest BCUT2D eigenvalue weighted by Gasteiger charge is 2.21. The standard InChI is InChI=1S/C20H32O2/c1-5-7-9-10-13-18-14-11-12-15-19(18)22-20(3,4)17-21-16-8-6-2/h7,9,11-12,14-15H,5-6,8,10,13,16-17H2,1-4H3. The molecule has 0 amide bonds. The Bertz CT molecular complexity index is 435. The second-order valence-corrected chi connectivity index (χ2v) is 6.29. The molecule has 1 aromatic rings. The first-order chi connectivity index (χ1) is 10.6. The van der Waals surface area contributed by atoms with Gasteiger partial charge in [0.15, 0.2) is 0 Å². The average Bonchev–Trinajstić information content (AvgIpc) is 2.49. The van der Waals surface area contributed by atoms with E-state index >= 15 is 0 Å². The van der Waals surface area contributed by atoms with Crippen LogP contribution in [0.5, 0.6) is 5.75 Å². The zero-order valence-electron chi connectivity index (χ0n) is 14.7. The van der Waals surface area contributed by atoms with Crippen molar-refractivity contribution in [1.29, 1.82) is 0 Å². The highest BCUT2D eigenvalue weighted by Crippen LogP contribution is 2.24. The van der Waals surface area contributed by atoms with Gasteiger partial charge in [0, 0.05) is 6.61 Å². The number of para-hydroxylation sites is 1. The zero-order chi connectivity index (χ0) is 16.3. The Morgan fingerprint density at radius 1 is 1.09 bits per heavy atom. The summed E-state index contributed by atoms with van der Waals surface area (Å²) in [7, 11) is 0. The summed E-state index contributed by atoms with van der Waals surface area (Å²) in [5, 5.41) is 0. The Kier molecular flexibility index (Phi) is 8.91. The molecular weight excluding hydrogens is 272 g/mol. The predicted molar refractivity (Wildman–Crippen MR) is 94.6 cm³/mol. The largest absolute Gasteiger partial charge is 0.485 e. The molecule has 0 unspecified atom stereocenters. The number of hydrogen-bond acceptors (Lipinski definition) is 2. The first-order valence-electron chi connectivity index (χ1n) is 8.58. The minimum Gasteiger partial charge on any atom is -0.485 e. The molecule has 0 fully saturated rings. The molecule has 0 bridgehead atoms. The molecule has 0 aromatic heterocycles. The third kappa shape index (κ3) is 7.65. The summed E-state index contributed by atoms with van der Waals surface area (Å²) in [6, 6.07) is 8.33. The van der Waals surface area contributed by atoms with E-state index in [1.807, 2.05) is 6.07 Å². The lowest BCUT2D eigenvalue weighted by molar-refractivity contribution is -0.00452. The second-order valence-electron chi connectivity index (χ2n) is 6.29. The van der Waals surface area contributed by atoms with Crippen LogP contribution < -0.4 is 4.74 Å². The topological polar surface area (TPSA) is 18.5 Å². The maximum absolute atomic E-state index is 6.22. The quantitative estimate of drug-likeness (QED) is 0.393. The highest BCUT2D eigenvalue weighted by molar-refractivity contribution is 5.34. The molecule has 1 rings (SSSR count). The monoisotopic (exact) mass is 304 g/mol. The molecule has 1 aromatic carbocycles. The van der Waals surface area contributed by atoms with Crippen LogP contribution >= 0.6 is 0 Å². The summed E-state index contributed by atoms with van der Waals surface area (Å²) in [6.07, 6.45) is 9.90. The summed E-state index contributed by atoms with van der Waals surface area (Å²) >= 11 is 0. The fraction of sp³-hybridized carbons (Fsp3) is 0.600. The van der Waals surface area contributed by atoms with E-state index in [1.165, 1.54) is 5.56 Å². The Morgan fingerprint density at radius 3 is 2.59 bits per heavy atom. The second kappa shape index (κ2) is 10.4. The molecule has 0 aliphatic heterocycles. The lowest BCUT2D eigenvalue weighted by Gasteiger charge is -2.27. The van der Waals surface area contributed by atoms with Gasteiger partial charge in [-0.15, -0.1) is 0 Å². The van der Waals surface area contributed by atoms with E-state index in [2.05, 4.69) is 58.0 Å². The van der Waals surface area contributed by atoms with E-state index in [0.717, 1.165) is 44.5 Å². The molecule has 0 aliphatic carbocycles. The maximum atomic E-state index is 6.22. The molecule has 0 saturated heterocycles. The number of ether oxygens (including phenoxy) is 2. The summed E-state index contributed by atoms with van der Waals surface area (Å²) in [6.45, 7) is 9.95.